The van der Waals surface area contributed by atoms with E-state index in [0.29, 0.717) is 102 Å². The number of carbonyl (C=O) groups is 7. The van der Waals surface area contributed by atoms with Crippen molar-refractivity contribution in [3.05, 3.63) is 95.5 Å². The lowest BCUT2D eigenvalue weighted by Gasteiger charge is -2.24. The molecule has 4 heterocycles. The molecule has 74 heavy (non-hydrogen) atoms. The number of nitrogens with zero attached hydrogens (tertiary/aromatic N) is 4. The number of fused-ring (bicyclic) bond motifs is 4. The van der Waals surface area contributed by atoms with Crippen LogP contribution in [-0.2, 0) is 28.7 Å². The lowest BCUT2D eigenvalue weighted by atomic mass is 9.97. The number of nitrogens with one attached hydrogen (secondary N) is 3. The van der Waals surface area contributed by atoms with Gasteiger partial charge in [-0.05, 0) is 73.2 Å². The first kappa shape index (κ1) is 52.2. The van der Waals surface area contributed by atoms with E-state index in [1.54, 1.807) is 92.7 Å². The number of benzene rings is 3. The van der Waals surface area contributed by atoms with Gasteiger partial charge in [-0.25, -0.2) is 0 Å². The summed E-state index contributed by atoms with van der Waals surface area (Å²) in [5, 5.41) is 8.34. The summed E-state index contributed by atoms with van der Waals surface area (Å²) in [6, 6.07) is 11.5. The molecule has 3 N–H and O–H groups in total. The highest BCUT2D eigenvalue weighted by Crippen LogP contribution is 2.41. The third-order valence-corrected chi connectivity index (χ3v) is 13.5. The molecule has 4 aliphatic heterocycles. The minimum atomic E-state index is -0.918. The second kappa shape index (κ2) is 23.2. The third-order valence-electron chi connectivity index (χ3n) is 13.5. The highest BCUT2D eigenvalue weighted by atomic mass is 16.5. The van der Waals surface area contributed by atoms with Crippen LogP contribution in [0.5, 0.6) is 23.0 Å². The minimum absolute atomic E-state index is 0.171. The molecule has 3 aromatic rings. The first-order chi connectivity index (χ1) is 35.6. The summed E-state index contributed by atoms with van der Waals surface area (Å²) < 4.78 is 28.8. The lowest BCUT2D eigenvalue weighted by molar-refractivity contribution is -0.131. The summed E-state index contributed by atoms with van der Waals surface area (Å²) in [5.41, 5.74) is 3.91. The molecule has 3 aromatic carbocycles. The standard InChI is InChI=1S/C55H61N7O12/c1-31(2)51(60-50(65)12-9-7-8-11-39-44(63)17-18-45(39)64)53(67)58-32(3)52(66)59-35-15-13-33(14-16-35)34-21-36-27-56-42-25-48(46(71-5)23-40(42)54(68)61(36)29-34)73-19-10-20-74-49-26-43-41(24-47(49)72-6)55(69)62-30-38(70-4)22-37(62)28-57-43/h13-18,23-32,36-37,39,51H,7-12,19-22H2,1-6H3,(H,58,67)(H,59,66)(H,60,65)/t32-,36-,37-,51-/m0/s1. The van der Waals surface area contributed by atoms with Crippen molar-refractivity contribution in [3.8, 4) is 23.0 Å². The van der Waals surface area contributed by atoms with E-state index < -0.39 is 29.8 Å². The fraction of sp³-hybridized carbons (Fsp3) is 0.400. The van der Waals surface area contributed by atoms with Crippen molar-refractivity contribution in [3.63, 3.8) is 0 Å². The van der Waals surface area contributed by atoms with Gasteiger partial charge in [0.25, 0.3) is 11.8 Å². The number of hydrogen-bond acceptors (Lipinski definition) is 14. The number of unbranched alkanes of at least 4 members (excludes halogenated alkanes) is 2. The van der Waals surface area contributed by atoms with Crippen molar-refractivity contribution in [1.29, 1.82) is 0 Å². The van der Waals surface area contributed by atoms with E-state index in [1.165, 1.54) is 26.4 Å². The second-order valence-electron chi connectivity index (χ2n) is 18.9. The number of ketones is 2. The largest absolute Gasteiger partial charge is 0.499 e. The zero-order valence-electron chi connectivity index (χ0n) is 42.3. The molecule has 19 nitrogen and oxygen atoms in total. The van der Waals surface area contributed by atoms with Crippen LogP contribution in [0.1, 0.15) is 98.4 Å². The normalized spacial score (nSPS) is 18.4. The van der Waals surface area contributed by atoms with Gasteiger partial charge in [0.2, 0.25) is 17.7 Å². The monoisotopic (exact) mass is 1010 g/mol. The summed E-state index contributed by atoms with van der Waals surface area (Å²) in [6.45, 7) is 5.68. The van der Waals surface area contributed by atoms with E-state index in [1.807, 2.05) is 18.3 Å². The first-order valence-electron chi connectivity index (χ1n) is 24.8. The molecule has 0 unspecified atom stereocenters. The number of methoxy groups -OCH3 is 3. The Morgan fingerprint density at radius 2 is 1.24 bits per heavy atom. The zero-order chi connectivity index (χ0) is 52.6. The maximum Gasteiger partial charge on any atom is 0.260 e. The number of ether oxygens (including phenoxy) is 5. The van der Waals surface area contributed by atoms with E-state index >= 15 is 0 Å². The van der Waals surface area contributed by atoms with E-state index in [9.17, 15) is 33.6 Å². The third kappa shape index (κ3) is 11.7. The summed E-state index contributed by atoms with van der Waals surface area (Å²) >= 11 is 0. The molecule has 0 radical (unpaired) electrons. The minimum Gasteiger partial charge on any atom is -0.499 e. The average molecular weight is 1010 g/mol. The topological polar surface area (TPSA) is 233 Å². The van der Waals surface area contributed by atoms with Crippen LogP contribution in [0.2, 0.25) is 0 Å². The van der Waals surface area contributed by atoms with Gasteiger partial charge in [-0.3, -0.25) is 43.5 Å². The van der Waals surface area contributed by atoms with Crippen LogP contribution in [0, 0.1) is 11.8 Å². The van der Waals surface area contributed by atoms with Gasteiger partial charge in [0.05, 0.1) is 75.0 Å². The fourth-order valence-electron chi connectivity index (χ4n) is 9.28. The molecule has 5 amide bonds. The number of amides is 5. The van der Waals surface area contributed by atoms with Crippen LogP contribution in [0.15, 0.2) is 88.8 Å². The van der Waals surface area contributed by atoms with Crippen LogP contribution >= 0.6 is 0 Å². The van der Waals surface area contributed by atoms with Crippen molar-refractivity contribution in [2.24, 2.45) is 21.8 Å². The van der Waals surface area contributed by atoms with Crippen molar-refractivity contribution in [1.82, 2.24) is 20.4 Å². The second-order valence-corrected chi connectivity index (χ2v) is 18.9. The molecule has 388 valence electrons. The van der Waals surface area contributed by atoms with Gasteiger partial charge in [-0.15, -0.1) is 0 Å². The molecule has 19 heteroatoms. The van der Waals surface area contributed by atoms with Gasteiger partial charge >= 0.3 is 0 Å². The van der Waals surface area contributed by atoms with E-state index in [0.717, 1.165) is 11.1 Å². The predicted molar refractivity (Wildman–Crippen MR) is 275 cm³/mol. The number of hydrogen-bond donors (Lipinski definition) is 3. The molecule has 4 atom stereocenters. The summed E-state index contributed by atoms with van der Waals surface area (Å²) in [6.07, 6.45) is 13.6. The average Bonchev–Trinajstić information content (AvgIpc) is 4.07. The maximum atomic E-state index is 14.1. The van der Waals surface area contributed by atoms with E-state index in [4.69, 9.17) is 28.7 Å². The van der Waals surface area contributed by atoms with Crippen molar-refractivity contribution < 1.29 is 57.2 Å². The lowest BCUT2D eigenvalue weighted by Crippen LogP contribution is -2.53. The van der Waals surface area contributed by atoms with Gasteiger partial charge in [0.1, 0.15) is 17.8 Å². The SMILES string of the molecule is COC1=CN2C(=O)c3cc(OC)c(OCCCOc4cc5c(cc4OC)C(=O)N4C=C(c6ccc(NC(=O)[C@H](C)NC(=O)[C@@H](NC(=O)CCCCCC7C(=O)C=CC7=O)C(C)C)cc6)C[C@H]4C=N5)cc3N=C[C@@H]2C1. The number of rotatable bonds is 22. The Balaban J connectivity index is 0.802. The van der Waals surface area contributed by atoms with Crippen LogP contribution in [-0.4, -0.2) is 122 Å². The molecule has 0 bridgehead atoms. The van der Waals surface area contributed by atoms with Gasteiger partial charge in [-0.2, -0.15) is 0 Å². The smallest absolute Gasteiger partial charge is 0.260 e. The first-order valence-corrected chi connectivity index (χ1v) is 24.8. The molecule has 0 saturated heterocycles. The maximum absolute atomic E-state index is 14.1. The Morgan fingerprint density at radius 1 is 0.662 bits per heavy atom. The summed E-state index contributed by atoms with van der Waals surface area (Å²) in [7, 11) is 4.59. The van der Waals surface area contributed by atoms with E-state index in [-0.39, 0.29) is 66.9 Å². The molecule has 0 saturated carbocycles. The number of carbonyl (C=O) groups excluding carboxylic acids is 7. The highest BCUT2D eigenvalue weighted by Gasteiger charge is 2.36. The fourth-order valence-corrected chi connectivity index (χ4v) is 9.28. The molecule has 5 aliphatic rings. The molecule has 0 fully saturated rings. The molecule has 0 spiro atoms. The highest BCUT2D eigenvalue weighted by molar-refractivity contribution is 6.18. The summed E-state index contributed by atoms with van der Waals surface area (Å²) in [4.78, 5) is 103. The molecule has 1 aliphatic carbocycles. The van der Waals surface area contributed by atoms with Crippen molar-refractivity contribution in [2.75, 3.05) is 39.9 Å². The number of anilines is 1. The van der Waals surface area contributed by atoms with Crippen LogP contribution in [0.3, 0.4) is 0 Å². The zero-order valence-corrected chi connectivity index (χ0v) is 42.3. The number of allylic oxidation sites excluding steroid dienone is 2. The summed E-state index contributed by atoms with van der Waals surface area (Å²) in [5.74, 6) is -0.584. The molecular weight excluding hydrogens is 951 g/mol. The van der Waals surface area contributed by atoms with Crippen LogP contribution < -0.4 is 34.9 Å². The molecular formula is C55H61N7O12. The quantitative estimate of drug-likeness (QED) is 0.0697. The van der Waals surface area contributed by atoms with Gasteiger partial charge in [0, 0.05) is 68.3 Å². The van der Waals surface area contributed by atoms with Gasteiger partial charge in [0.15, 0.2) is 34.6 Å². The van der Waals surface area contributed by atoms with Crippen LogP contribution in [0.4, 0.5) is 17.1 Å². The van der Waals surface area contributed by atoms with Gasteiger partial charge in [-0.1, -0.05) is 38.8 Å². The van der Waals surface area contributed by atoms with Crippen molar-refractivity contribution >= 4 is 76.2 Å². The molecule has 8 rings (SSSR count). The van der Waals surface area contributed by atoms with Gasteiger partial charge < -0.3 is 49.4 Å². The van der Waals surface area contributed by atoms with Crippen LogP contribution in [0.25, 0.3) is 5.57 Å². The molecule has 0 aromatic heterocycles. The Morgan fingerprint density at radius 3 is 1.81 bits per heavy atom. The van der Waals surface area contributed by atoms with Crippen molar-refractivity contribution in [2.45, 2.75) is 96.3 Å². The Hall–Kier alpha value is -8.09. The Labute approximate surface area is 429 Å². The Kier molecular flexibility index (Phi) is 16.4. The van der Waals surface area contributed by atoms with E-state index in [2.05, 4.69) is 20.9 Å². The Bertz CT molecular complexity index is 2850. The predicted octanol–water partition coefficient (Wildman–Crippen LogP) is 6.80. The number of aliphatic imine (C=N–C) groups is 2.